The van der Waals surface area contributed by atoms with Crippen molar-refractivity contribution in [3.63, 3.8) is 0 Å². The smallest absolute Gasteiger partial charge is 0.191 e. The molecule has 2 nitrogen and oxygen atoms in total. The van der Waals surface area contributed by atoms with E-state index in [1.54, 1.807) is 0 Å². The second-order valence-corrected chi connectivity index (χ2v) is 3.86. The van der Waals surface area contributed by atoms with E-state index in [0.29, 0.717) is 5.92 Å². The van der Waals surface area contributed by atoms with Crippen molar-refractivity contribution in [1.29, 1.82) is 0 Å². The zero-order valence-corrected chi connectivity index (χ0v) is 7.90. The standard InChI is InChI=1S/C9H13NOS/c12-8-4-2-1-3-7(8)9-10-5-6-11-9/h7H,1-6H2. The van der Waals surface area contributed by atoms with E-state index in [0.717, 1.165) is 36.8 Å². The van der Waals surface area contributed by atoms with Crippen molar-refractivity contribution in [1.82, 2.24) is 0 Å². The molecular weight excluding hydrogens is 170 g/mol. The number of rotatable bonds is 1. The first-order valence-corrected chi connectivity index (χ1v) is 4.98. The Kier molecular flexibility index (Phi) is 2.40. The Morgan fingerprint density at radius 3 is 3.00 bits per heavy atom. The lowest BCUT2D eigenvalue weighted by molar-refractivity contribution is 0.327. The topological polar surface area (TPSA) is 21.6 Å². The van der Waals surface area contributed by atoms with Crippen LogP contribution in [0.25, 0.3) is 0 Å². The highest BCUT2D eigenvalue weighted by atomic mass is 32.1. The molecule has 0 spiro atoms. The van der Waals surface area contributed by atoms with Gasteiger partial charge in [-0.3, -0.25) is 4.99 Å². The van der Waals surface area contributed by atoms with Crippen LogP contribution in [-0.4, -0.2) is 23.9 Å². The molecule has 1 atom stereocenters. The fraction of sp³-hybridized carbons (Fsp3) is 0.778. The van der Waals surface area contributed by atoms with E-state index in [4.69, 9.17) is 17.0 Å². The summed E-state index contributed by atoms with van der Waals surface area (Å²) in [5, 5.41) is 0. The molecule has 1 heterocycles. The quantitative estimate of drug-likeness (QED) is 0.580. The molecule has 0 aromatic carbocycles. The van der Waals surface area contributed by atoms with Crippen LogP contribution in [0.15, 0.2) is 4.99 Å². The maximum atomic E-state index is 5.43. The van der Waals surface area contributed by atoms with E-state index < -0.39 is 0 Å². The molecule has 0 radical (unpaired) electrons. The summed E-state index contributed by atoms with van der Waals surface area (Å²) in [6.07, 6.45) is 4.76. The summed E-state index contributed by atoms with van der Waals surface area (Å²) in [6.45, 7) is 1.59. The Balaban J connectivity index is 2.05. The molecule has 1 unspecified atom stereocenters. The molecule has 0 aromatic heterocycles. The summed E-state index contributed by atoms with van der Waals surface area (Å²) >= 11 is 5.30. The van der Waals surface area contributed by atoms with Crippen molar-refractivity contribution in [3.8, 4) is 0 Å². The number of hydrogen-bond acceptors (Lipinski definition) is 3. The highest BCUT2D eigenvalue weighted by Gasteiger charge is 2.26. The fourth-order valence-corrected chi connectivity index (χ4v) is 2.17. The van der Waals surface area contributed by atoms with E-state index in [2.05, 4.69) is 4.99 Å². The Hall–Kier alpha value is -0.440. The number of nitrogens with zero attached hydrogens (tertiary/aromatic N) is 1. The SMILES string of the molecule is S=C1CCCCC1C1=NCCO1. The van der Waals surface area contributed by atoms with Crippen molar-refractivity contribution in [2.45, 2.75) is 25.7 Å². The average molecular weight is 183 g/mol. The predicted molar refractivity (Wildman–Crippen MR) is 52.8 cm³/mol. The predicted octanol–water partition coefficient (Wildman–Crippen LogP) is 1.98. The van der Waals surface area contributed by atoms with Gasteiger partial charge in [-0.25, -0.2) is 0 Å². The summed E-state index contributed by atoms with van der Waals surface area (Å²) in [4.78, 5) is 5.47. The first-order chi connectivity index (χ1) is 5.88. The van der Waals surface area contributed by atoms with Crippen molar-refractivity contribution in [2.75, 3.05) is 13.2 Å². The fourth-order valence-electron chi connectivity index (χ4n) is 1.81. The molecule has 66 valence electrons. The van der Waals surface area contributed by atoms with Gasteiger partial charge in [0.25, 0.3) is 0 Å². The first-order valence-electron chi connectivity index (χ1n) is 4.58. The minimum Gasteiger partial charge on any atom is -0.479 e. The van der Waals surface area contributed by atoms with Crippen molar-refractivity contribution < 1.29 is 4.74 Å². The van der Waals surface area contributed by atoms with Gasteiger partial charge in [-0.2, -0.15) is 0 Å². The van der Waals surface area contributed by atoms with Crippen LogP contribution >= 0.6 is 12.2 Å². The molecule has 1 aliphatic carbocycles. The van der Waals surface area contributed by atoms with Crippen LogP contribution in [0.2, 0.25) is 0 Å². The van der Waals surface area contributed by atoms with Gasteiger partial charge < -0.3 is 4.74 Å². The Morgan fingerprint density at radius 2 is 2.33 bits per heavy atom. The summed E-state index contributed by atoms with van der Waals surface area (Å²) in [6, 6.07) is 0. The molecule has 0 bridgehead atoms. The lowest BCUT2D eigenvalue weighted by atomic mass is 9.89. The molecule has 0 amide bonds. The van der Waals surface area contributed by atoms with Gasteiger partial charge in [0.15, 0.2) is 5.90 Å². The van der Waals surface area contributed by atoms with Gasteiger partial charge in [0.05, 0.1) is 12.5 Å². The molecule has 2 rings (SSSR count). The Labute approximate surface area is 78.0 Å². The average Bonchev–Trinajstić information content (AvgIpc) is 2.57. The number of thiocarbonyl (C=S) groups is 1. The van der Waals surface area contributed by atoms with E-state index >= 15 is 0 Å². The number of ether oxygens (including phenoxy) is 1. The van der Waals surface area contributed by atoms with E-state index in [1.807, 2.05) is 0 Å². The largest absolute Gasteiger partial charge is 0.479 e. The lowest BCUT2D eigenvalue weighted by Crippen LogP contribution is -2.26. The normalized spacial score (nSPS) is 29.8. The van der Waals surface area contributed by atoms with Gasteiger partial charge in [0.2, 0.25) is 0 Å². The molecule has 3 heteroatoms. The summed E-state index contributed by atoms with van der Waals surface area (Å²) < 4.78 is 5.43. The Morgan fingerprint density at radius 1 is 1.42 bits per heavy atom. The second-order valence-electron chi connectivity index (χ2n) is 3.33. The van der Waals surface area contributed by atoms with E-state index in [9.17, 15) is 0 Å². The third-order valence-corrected chi connectivity index (χ3v) is 2.95. The molecule has 0 saturated heterocycles. The third kappa shape index (κ3) is 1.51. The summed E-state index contributed by atoms with van der Waals surface area (Å²) in [5.74, 6) is 1.29. The van der Waals surface area contributed by atoms with Crippen LogP contribution in [0, 0.1) is 5.92 Å². The van der Waals surface area contributed by atoms with Crippen molar-refractivity contribution in [3.05, 3.63) is 0 Å². The second kappa shape index (κ2) is 3.52. The first kappa shape index (κ1) is 8.17. The monoisotopic (exact) mass is 183 g/mol. The van der Waals surface area contributed by atoms with Crippen LogP contribution < -0.4 is 0 Å². The van der Waals surface area contributed by atoms with Gasteiger partial charge in [-0.1, -0.05) is 18.6 Å². The van der Waals surface area contributed by atoms with Gasteiger partial charge in [0, 0.05) is 4.86 Å². The van der Waals surface area contributed by atoms with E-state index in [1.165, 1.54) is 12.8 Å². The summed E-state index contributed by atoms with van der Waals surface area (Å²) in [5.41, 5.74) is 0. The van der Waals surface area contributed by atoms with Gasteiger partial charge >= 0.3 is 0 Å². The number of aliphatic imine (C=N–C) groups is 1. The minimum atomic E-state index is 0.372. The number of hydrogen-bond donors (Lipinski definition) is 0. The maximum absolute atomic E-state index is 5.43. The molecule has 1 aliphatic heterocycles. The van der Waals surface area contributed by atoms with Gasteiger partial charge in [-0.05, 0) is 19.3 Å². The third-order valence-electron chi connectivity index (χ3n) is 2.46. The maximum Gasteiger partial charge on any atom is 0.191 e. The zero-order chi connectivity index (χ0) is 8.39. The molecule has 1 fully saturated rings. The van der Waals surface area contributed by atoms with Crippen LogP contribution in [-0.2, 0) is 4.74 Å². The Bertz CT molecular complexity index is 225. The lowest BCUT2D eigenvalue weighted by Gasteiger charge is -2.21. The van der Waals surface area contributed by atoms with Crippen molar-refractivity contribution >= 4 is 23.0 Å². The van der Waals surface area contributed by atoms with E-state index in [-0.39, 0.29) is 0 Å². The molecular formula is C9H13NOS. The highest BCUT2D eigenvalue weighted by Crippen LogP contribution is 2.24. The zero-order valence-electron chi connectivity index (χ0n) is 7.08. The minimum absolute atomic E-state index is 0.372. The van der Waals surface area contributed by atoms with Crippen LogP contribution in [0.1, 0.15) is 25.7 Å². The van der Waals surface area contributed by atoms with Gasteiger partial charge in [-0.15, -0.1) is 0 Å². The van der Waals surface area contributed by atoms with Crippen LogP contribution in [0.3, 0.4) is 0 Å². The molecule has 12 heavy (non-hydrogen) atoms. The van der Waals surface area contributed by atoms with Crippen LogP contribution in [0.5, 0.6) is 0 Å². The molecule has 2 aliphatic rings. The van der Waals surface area contributed by atoms with Crippen molar-refractivity contribution in [2.24, 2.45) is 10.9 Å². The molecule has 1 saturated carbocycles. The summed E-state index contributed by atoms with van der Waals surface area (Å²) in [7, 11) is 0. The molecule has 0 N–H and O–H groups in total. The highest BCUT2D eigenvalue weighted by molar-refractivity contribution is 7.80. The molecule has 0 aromatic rings. The van der Waals surface area contributed by atoms with Crippen LogP contribution in [0.4, 0.5) is 0 Å². The van der Waals surface area contributed by atoms with Gasteiger partial charge in [0.1, 0.15) is 6.61 Å².